The van der Waals surface area contributed by atoms with E-state index in [1.807, 2.05) is 0 Å². The summed E-state index contributed by atoms with van der Waals surface area (Å²) in [5.41, 5.74) is 6.61. The number of hydrogen-bond donors (Lipinski definition) is 3. The van der Waals surface area contributed by atoms with Gasteiger partial charge in [-0.1, -0.05) is 6.42 Å². The third-order valence-corrected chi connectivity index (χ3v) is 4.01. The molecule has 6 heteroatoms. The Labute approximate surface area is 124 Å². The molecule has 6 nitrogen and oxygen atoms in total. The average Bonchev–Trinajstić information content (AvgIpc) is 2.93. The second kappa shape index (κ2) is 6.67. The molecule has 0 bridgehead atoms. The van der Waals surface area contributed by atoms with Crippen LogP contribution in [0.4, 0.5) is 5.69 Å². The highest BCUT2D eigenvalue weighted by molar-refractivity contribution is 6.00. The minimum atomic E-state index is -0.251. The van der Waals surface area contributed by atoms with Crippen molar-refractivity contribution >= 4 is 11.6 Å². The Kier molecular flexibility index (Phi) is 4.90. The van der Waals surface area contributed by atoms with Crippen LogP contribution in [-0.2, 0) is 0 Å². The van der Waals surface area contributed by atoms with E-state index < -0.39 is 0 Å². The van der Waals surface area contributed by atoms with Crippen LogP contribution < -0.4 is 20.5 Å². The van der Waals surface area contributed by atoms with Gasteiger partial charge >= 0.3 is 0 Å². The lowest BCUT2D eigenvalue weighted by Crippen LogP contribution is -2.38. The molecule has 1 aromatic carbocycles. The van der Waals surface area contributed by atoms with Gasteiger partial charge in [0.15, 0.2) is 11.5 Å². The number of aliphatic hydroxyl groups excluding tert-OH is 1. The van der Waals surface area contributed by atoms with Crippen molar-refractivity contribution in [2.45, 2.75) is 25.3 Å². The number of nitrogens with two attached hydrogens (primary N) is 1. The number of methoxy groups -OCH3 is 2. The summed E-state index contributed by atoms with van der Waals surface area (Å²) in [6.45, 7) is 0.0896. The van der Waals surface area contributed by atoms with E-state index >= 15 is 0 Å². The maximum atomic E-state index is 12.4. The van der Waals surface area contributed by atoms with Gasteiger partial charge < -0.3 is 25.6 Å². The minimum Gasteiger partial charge on any atom is -0.493 e. The van der Waals surface area contributed by atoms with Crippen LogP contribution in [0.5, 0.6) is 11.5 Å². The number of ether oxygens (including phenoxy) is 2. The molecular formula is C15H22N2O4. The highest BCUT2D eigenvalue weighted by atomic mass is 16.5. The van der Waals surface area contributed by atoms with E-state index in [2.05, 4.69) is 5.32 Å². The molecule has 4 N–H and O–H groups in total. The summed E-state index contributed by atoms with van der Waals surface area (Å²) < 4.78 is 10.3. The Hall–Kier alpha value is -1.95. The summed E-state index contributed by atoms with van der Waals surface area (Å²) in [7, 11) is 3.02. The predicted molar refractivity (Wildman–Crippen MR) is 79.6 cm³/mol. The van der Waals surface area contributed by atoms with Gasteiger partial charge in [0.2, 0.25) is 0 Å². The Morgan fingerprint density at radius 2 is 2.00 bits per heavy atom. The fourth-order valence-corrected chi connectivity index (χ4v) is 2.78. The van der Waals surface area contributed by atoms with Crippen LogP contribution in [0.15, 0.2) is 12.1 Å². The largest absolute Gasteiger partial charge is 0.493 e. The highest BCUT2D eigenvalue weighted by Gasteiger charge is 2.28. The molecule has 1 fully saturated rings. The lowest BCUT2D eigenvalue weighted by molar-refractivity contribution is 0.0916. The molecule has 21 heavy (non-hydrogen) atoms. The van der Waals surface area contributed by atoms with Gasteiger partial charge in [-0.25, -0.2) is 0 Å². The van der Waals surface area contributed by atoms with Gasteiger partial charge in [0.05, 0.1) is 19.8 Å². The van der Waals surface area contributed by atoms with Crippen molar-refractivity contribution in [3.05, 3.63) is 17.7 Å². The Bertz CT molecular complexity index is 519. The molecule has 1 aliphatic carbocycles. The third-order valence-electron chi connectivity index (χ3n) is 4.01. The highest BCUT2D eigenvalue weighted by Crippen LogP contribution is 2.32. The molecule has 0 heterocycles. The van der Waals surface area contributed by atoms with E-state index in [4.69, 9.17) is 15.2 Å². The van der Waals surface area contributed by atoms with Gasteiger partial charge in [0, 0.05) is 30.3 Å². The Balaban J connectivity index is 2.19. The maximum Gasteiger partial charge on any atom is 0.253 e. The van der Waals surface area contributed by atoms with Crippen LogP contribution in [0.2, 0.25) is 0 Å². The number of carbonyl (C=O) groups excluding carboxylic acids is 1. The van der Waals surface area contributed by atoms with Crippen molar-refractivity contribution in [2.24, 2.45) is 5.92 Å². The number of carbonyl (C=O) groups is 1. The fraction of sp³-hybridized carbons (Fsp3) is 0.533. The van der Waals surface area contributed by atoms with Gasteiger partial charge in [-0.2, -0.15) is 0 Å². The first-order chi connectivity index (χ1) is 10.1. The number of hydrogen-bond acceptors (Lipinski definition) is 5. The van der Waals surface area contributed by atoms with Crippen molar-refractivity contribution in [2.75, 3.05) is 26.6 Å². The normalized spacial score (nSPS) is 21.1. The third kappa shape index (κ3) is 3.21. The Morgan fingerprint density at radius 3 is 2.62 bits per heavy atom. The molecule has 0 radical (unpaired) electrons. The lowest BCUT2D eigenvalue weighted by atomic mass is 10.0. The molecule has 2 unspecified atom stereocenters. The van der Waals surface area contributed by atoms with Gasteiger partial charge in [-0.3, -0.25) is 4.79 Å². The average molecular weight is 294 g/mol. The van der Waals surface area contributed by atoms with E-state index in [0.717, 1.165) is 19.3 Å². The zero-order valence-electron chi connectivity index (χ0n) is 12.4. The molecule has 1 aliphatic rings. The smallest absolute Gasteiger partial charge is 0.253 e. The van der Waals surface area contributed by atoms with Crippen molar-refractivity contribution in [1.29, 1.82) is 0 Å². The van der Waals surface area contributed by atoms with Gasteiger partial charge in [-0.05, 0) is 18.9 Å². The van der Waals surface area contributed by atoms with Crippen LogP contribution in [0.3, 0.4) is 0 Å². The van der Waals surface area contributed by atoms with Crippen LogP contribution in [0, 0.1) is 5.92 Å². The van der Waals surface area contributed by atoms with E-state index in [1.165, 1.54) is 14.2 Å². The molecule has 1 saturated carbocycles. The van der Waals surface area contributed by atoms with Crippen molar-refractivity contribution in [3.63, 3.8) is 0 Å². The quantitative estimate of drug-likeness (QED) is 0.709. The van der Waals surface area contributed by atoms with Crippen LogP contribution in [0.25, 0.3) is 0 Å². The second-order valence-electron chi connectivity index (χ2n) is 5.25. The van der Waals surface area contributed by atoms with Crippen molar-refractivity contribution < 1.29 is 19.4 Å². The van der Waals surface area contributed by atoms with Gasteiger partial charge in [0.1, 0.15) is 0 Å². The Morgan fingerprint density at radius 1 is 1.33 bits per heavy atom. The molecule has 2 rings (SSSR count). The zero-order chi connectivity index (χ0) is 15.4. The maximum absolute atomic E-state index is 12.4. The second-order valence-corrected chi connectivity index (χ2v) is 5.25. The summed E-state index contributed by atoms with van der Waals surface area (Å²) in [4.78, 5) is 12.4. The number of benzene rings is 1. The lowest BCUT2D eigenvalue weighted by Gasteiger charge is -2.20. The van der Waals surface area contributed by atoms with E-state index in [-0.39, 0.29) is 24.5 Å². The van der Waals surface area contributed by atoms with E-state index in [1.54, 1.807) is 12.1 Å². The number of anilines is 1. The predicted octanol–water partition coefficient (Wildman–Crippen LogP) is 1.18. The molecule has 1 amide bonds. The summed E-state index contributed by atoms with van der Waals surface area (Å²) in [5.74, 6) is 0.816. The monoisotopic (exact) mass is 294 g/mol. The molecule has 0 spiro atoms. The number of aliphatic hydroxyl groups is 1. The molecule has 116 valence electrons. The molecule has 0 aromatic heterocycles. The van der Waals surface area contributed by atoms with Gasteiger partial charge in [-0.15, -0.1) is 0 Å². The SMILES string of the molecule is COc1cc(N)c(C(=O)NC2CCCC2CO)cc1OC. The topological polar surface area (TPSA) is 93.8 Å². The van der Waals surface area contributed by atoms with E-state index in [9.17, 15) is 9.90 Å². The van der Waals surface area contributed by atoms with Gasteiger partial charge in [0.25, 0.3) is 5.91 Å². The minimum absolute atomic E-state index is 0.00463. The number of nitrogen functional groups attached to an aromatic ring is 1. The summed E-state index contributed by atoms with van der Waals surface area (Å²) in [6, 6.07) is 3.15. The van der Waals surface area contributed by atoms with Crippen molar-refractivity contribution in [1.82, 2.24) is 5.32 Å². The molecule has 2 atom stereocenters. The first-order valence-corrected chi connectivity index (χ1v) is 7.04. The van der Waals surface area contributed by atoms with Crippen molar-refractivity contribution in [3.8, 4) is 11.5 Å². The van der Waals surface area contributed by atoms with Crippen LogP contribution >= 0.6 is 0 Å². The van der Waals surface area contributed by atoms with Crippen LogP contribution in [0.1, 0.15) is 29.6 Å². The number of amides is 1. The fourth-order valence-electron chi connectivity index (χ4n) is 2.78. The van der Waals surface area contributed by atoms with Crippen LogP contribution in [-0.4, -0.2) is 37.9 Å². The molecule has 1 aromatic rings. The molecule has 0 aliphatic heterocycles. The zero-order valence-corrected chi connectivity index (χ0v) is 12.4. The molecule has 0 saturated heterocycles. The summed E-state index contributed by atoms with van der Waals surface area (Å²) in [5, 5.41) is 12.3. The number of rotatable bonds is 5. The first-order valence-electron chi connectivity index (χ1n) is 7.04. The first kappa shape index (κ1) is 15.4. The summed E-state index contributed by atoms with van der Waals surface area (Å²) >= 11 is 0. The standard InChI is InChI=1S/C15H22N2O4/c1-20-13-6-10(11(16)7-14(13)21-2)15(19)17-12-5-3-4-9(12)8-18/h6-7,9,12,18H,3-5,8,16H2,1-2H3,(H,17,19). The van der Waals surface area contributed by atoms with E-state index in [0.29, 0.717) is 22.7 Å². The molecular weight excluding hydrogens is 272 g/mol. The summed E-state index contributed by atoms with van der Waals surface area (Å²) in [6.07, 6.45) is 2.82. The number of nitrogens with one attached hydrogen (secondary N) is 1.